The number of morpholine rings is 1. The van der Waals surface area contributed by atoms with Gasteiger partial charge < -0.3 is 33.3 Å². The van der Waals surface area contributed by atoms with Crippen LogP contribution in [0.3, 0.4) is 0 Å². The molecule has 0 N–H and O–H groups in total. The Morgan fingerprint density at radius 3 is 2.35 bits per heavy atom. The van der Waals surface area contributed by atoms with E-state index in [2.05, 4.69) is 36.7 Å². The molecule has 5 aromatic rings. The van der Waals surface area contributed by atoms with Crippen molar-refractivity contribution in [2.45, 2.75) is 65.1 Å². The predicted molar refractivity (Wildman–Crippen MR) is 248 cm³/mol. The quantitative estimate of drug-likeness (QED) is 0.0315. The van der Waals surface area contributed by atoms with Crippen molar-refractivity contribution in [1.29, 1.82) is 0 Å². The molecule has 0 aliphatic carbocycles. The standard InChI is InChI=1S/C49H59N5O8Si/c1-34-37(13-10-14-47(34)59-4)30-52(39-15-18-42(19-16-39)62-33-61-25-26-63(5,6)7)49(56)44-29-46(50(3)35(44)2)45-28-40(54(57)58)17-20-43(45)48(55)53-31-38-12-9-8-11-36(38)27-41(53)32-51-21-23-60-24-22-51/h8-20,28-29,41H,21-27,30-33H2,1-7H3/t41-/m0/s1. The van der Waals surface area contributed by atoms with Crippen molar-refractivity contribution >= 4 is 31.3 Å². The molecule has 4 aromatic carbocycles. The number of carbonyl (C=O) groups is 2. The summed E-state index contributed by atoms with van der Waals surface area (Å²) in [5.41, 5.74) is 6.84. The van der Waals surface area contributed by atoms with E-state index in [1.54, 1.807) is 24.1 Å². The van der Waals surface area contributed by atoms with Gasteiger partial charge in [0.25, 0.3) is 17.5 Å². The Balaban J connectivity index is 1.24. The van der Waals surface area contributed by atoms with Crippen LogP contribution in [0.5, 0.6) is 11.5 Å². The number of carbonyl (C=O) groups excluding carboxylic acids is 2. The van der Waals surface area contributed by atoms with Crippen LogP contribution in [0.15, 0.2) is 91.0 Å². The molecule has 1 saturated heterocycles. The molecule has 63 heavy (non-hydrogen) atoms. The Morgan fingerprint density at radius 1 is 0.921 bits per heavy atom. The summed E-state index contributed by atoms with van der Waals surface area (Å²) in [4.78, 5) is 47.9. The molecular formula is C49H59N5O8Si. The third-order valence-corrected chi connectivity index (χ3v) is 14.0. The van der Waals surface area contributed by atoms with Gasteiger partial charge in [-0.05, 0) is 91.0 Å². The van der Waals surface area contributed by atoms with Gasteiger partial charge >= 0.3 is 0 Å². The van der Waals surface area contributed by atoms with Crippen molar-refractivity contribution < 1.29 is 33.5 Å². The summed E-state index contributed by atoms with van der Waals surface area (Å²) in [5, 5.41) is 12.3. The SMILES string of the molecule is COc1cccc(CN(C(=O)c2cc(-c3cc([N+](=O)[O-])ccc3C(=O)N3Cc4ccccc4C[C@H]3CN3CCOCC3)n(C)c2C)c2ccc(OCOCC[Si](C)(C)C)cc2)c1C. The lowest BCUT2D eigenvalue weighted by molar-refractivity contribution is -0.384. The number of ether oxygens (including phenoxy) is 4. The minimum Gasteiger partial charge on any atom is -0.496 e. The minimum absolute atomic E-state index is 0.128. The van der Waals surface area contributed by atoms with E-state index in [0.717, 1.165) is 35.8 Å². The number of aromatic nitrogens is 1. The molecule has 2 amide bonds. The summed E-state index contributed by atoms with van der Waals surface area (Å²) >= 11 is 0. The molecule has 2 aliphatic rings. The highest BCUT2D eigenvalue weighted by atomic mass is 28.3. The van der Waals surface area contributed by atoms with Crippen LogP contribution in [0.2, 0.25) is 25.7 Å². The fourth-order valence-electron chi connectivity index (χ4n) is 8.36. The van der Waals surface area contributed by atoms with Crippen molar-refractivity contribution in [3.63, 3.8) is 0 Å². The average Bonchev–Trinajstić information content (AvgIpc) is 3.57. The zero-order chi connectivity index (χ0) is 44.8. The Hall–Kier alpha value is -5.80. The summed E-state index contributed by atoms with van der Waals surface area (Å²) < 4.78 is 24.8. The third kappa shape index (κ3) is 10.5. The molecule has 7 rings (SSSR count). The van der Waals surface area contributed by atoms with Crippen molar-refractivity contribution in [2.75, 3.05) is 58.3 Å². The minimum atomic E-state index is -1.23. The maximum atomic E-state index is 15.1. The van der Waals surface area contributed by atoms with E-state index in [0.29, 0.717) is 84.6 Å². The number of rotatable bonds is 16. The molecule has 0 saturated carbocycles. The van der Waals surface area contributed by atoms with E-state index in [-0.39, 0.29) is 36.9 Å². The fourth-order valence-corrected chi connectivity index (χ4v) is 9.12. The molecule has 332 valence electrons. The molecule has 1 atom stereocenters. The first-order valence-electron chi connectivity index (χ1n) is 21.6. The molecule has 1 aromatic heterocycles. The molecule has 14 heteroatoms. The van der Waals surface area contributed by atoms with Gasteiger partial charge in [0.05, 0.1) is 37.4 Å². The second-order valence-corrected chi connectivity index (χ2v) is 23.3. The molecule has 0 spiro atoms. The largest absolute Gasteiger partial charge is 0.496 e. The van der Waals surface area contributed by atoms with Gasteiger partial charge in [0.2, 0.25) is 0 Å². The number of hydrogen-bond acceptors (Lipinski definition) is 9. The Labute approximate surface area is 371 Å². The second-order valence-electron chi connectivity index (χ2n) is 17.7. The molecule has 0 bridgehead atoms. The summed E-state index contributed by atoms with van der Waals surface area (Å²) in [6.07, 6.45) is 0.686. The first-order valence-corrected chi connectivity index (χ1v) is 25.3. The number of benzene rings is 4. The number of amides is 2. The summed E-state index contributed by atoms with van der Waals surface area (Å²) in [7, 11) is 2.21. The van der Waals surface area contributed by atoms with Gasteiger partial charge in [0.1, 0.15) is 11.5 Å². The first kappa shape index (κ1) is 45.2. The molecule has 13 nitrogen and oxygen atoms in total. The van der Waals surface area contributed by atoms with Crippen LogP contribution in [0, 0.1) is 24.0 Å². The summed E-state index contributed by atoms with van der Waals surface area (Å²) in [6, 6.07) is 28.4. The van der Waals surface area contributed by atoms with E-state index in [9.17, 15) is 10.1 Å². The number of non-ortho nitro benzene ring substituents is 1. The number of nitrogens with zero attached hydrogens (tertiary/aromatic N) is 5. The zero-order valence-electron chi connectivity index (χ0n) is 37.5. The van der Waals surface area contributed by atoms with E-state index >= 15 is 9.59 Å². The highest BCUT2D eigenvalue weighted by molar-refractivity contribution is 6.76. The molecule has 2 aliphatic heterocycles. The molecule has 0 radical (unpaired) electrons. The van der Waals surface area contributed by atoms with Gasteiger partial charge in [-0.3, -0.25) is 24.6 Å². The number of nitro groups is 1. The lowest BCUT2D eigenvalue weighted by Gasteiger charge is -2.40. The van der Waals surface area contributed by atoms with E-state index in [4.69, 9.17) is 18.9 Å². The fraction of sp³-hybridized carbons (Fsp3) is 0.388. The highest BCUT2D eigenvalue weighted by Gasteiger charge is 2.35. The van der Waals surface area contributed by atoms with Crippen molar-refractivity contribution in [1.82, 2.24) is 14.4 Å². The lowest BCUT2D eigenvalue weighted by atomic mass is 9.92. The van der Waals surface area contributed by atoms with Gasteiger partial charge in [0.15, 0.2) is 6.79 Å². The number of hydrogen-bond donors (Lipinski definition) is 0. The molecule has 1 fully saturated rings. The number of anilines is 1. The van der Waals surface area contributed by atoms with Crippen molar-refractivity contribution in [2.24, 2.45) is 7.05 Å². The molecule has 3 heterocycles. The van der Waals surface area contributed by atoms with Gasteiger partial charge in [0, 0.05) is 94.3 Å². The second kappa shape index (κ2) is 19.7. The van der Waals surface area contributed by atoms with Crippen molar-refractivity contribution in [3.8, 4) is 22.8 Å². The van der Waals surface area contributed by atoms with E-state index < -0.39 is 13.0 Å². The first-order chi connectivity index (χ1) is 30.2. The Kier molecular flexibility index (Phi) is 14.2. The van der Waals surface area contributed by atoms with Gasteiger partial charge in [-0.2, -0.15) is 0 Å². The maximum Gasteiger partial charge on any atom is 0.270 e. The lowest BCUT2D eigenvalue weighted by Crippen LogP contribution is -2.52. The normalized spacial score (nSPS) is 15.5. The highest BCUT2D eigenvalue weighted by Crippen LogP contribution is 2.36. The summed E-state index contributed by atoms with van der Waals surface area (Å²) in [6.45, 7) is 15.7. The Morgan fingerprint density at radius 2 is 1.65 bits per heavy atom. The van der Waals surface area contributed by atoms with Crippen LogP contribution in [0.4, 0.5) is 11.4 Å². The van der Waals surface area contributed by atoms with Crippen LogP contribution in [0.1, 0.15) is 48.7 Å². The number of methoxy groups -OCH3 is 1. The van der Waals surface area contributed by atoms with E-state index in [1.165, 1.54) is 17.7 Å². The predicted octanol–water partition coefficient (Wildman–Crippen LogP) is 8.66. The van der Waals surface area contributed by atoms with Crippen LogP contribution in [-0.2, 0) is 36.0 Å². The zero-order valence-corrected chi connectivity index (χ0v) is 38.5. The average molecular weight is 874 g/mol. The number of nitro benzene ring substituents is 1. The van der Waals surface area contributed by atoms with Crippen LogP contribution in [-0.4, -0.2) is 98.6 Å². The molecular weight excluding hydrogens is 815 g/mol. The van der Waals surface area contributed by atoms with Crippen LogP contribution < -0.4 is 14.4 Å². The topological polar surface area (TPSA) is 129 Å². The van der Waals surface area contributed by atoms with Gasteiger partial charge in [-0.15, -0.1) is 0 Å². The Bertz CT molecular complexity index is 2440. The van der Waals surface area contributed by atoms with Crippen LogP contribution >= 0.6 is 0 Å². The number of fused-ring (bicyclic) bond motifs is 1. The smallest absolute Gasteiger partial charge is 0.270 e. The van der Waals surface area contributed by atoms with E-state index in [1.807, 2.05) is 85.0 Å². The van der Waals surface area contributed by atoms with Crippen LogP contribution in [0.25, 0.3) is 11.3 Å². The summed E-state index contributed by atoms with van der Waals surface area (Å²) in [5.74, 6) is 0.819. The molecule has 0 unspecified atom stereocenters. The van der Waals surface area contributed by atoms with Gasteiger partial charge in [-0.1, -0.05) is 56.0 Å². The maximum absolute atomic E-state index is 15.1. The van der Waals surface area contributed by atoms with Gasteiger partial charge in [-0.25, -0.2) is 0 Å². The van der Waals surface area contributed by atoms with Crippen molar-refractivity contribution in [3.05, 3.63) is 140 Å². The monoisotopic (exact) mass is 873 g/mol. The third-order valence-electron chi connectivity index (χ3n) is 12.3.